The molecule has 1 unspecified atom stereocenters. The van der Waals surface area contributed by atoms with Crippen molar-refractivity contribution >= 4 is 11.6 Å². The minimum atomic E-state index is -0.579. The van der Waals surface area contributed by atoms with Gasteiger partial charge in [-0.2, -0.15) is 0 Å². The number of carbonyl (C=O) groups is 1. The molecule has 0 aromatic heterocycles. The number of carbonyl (C=O) groups excluding carboxylic acids is 1. The smallest absolute Gasteiger partial charge is 0.241 e. The first-order chi connectivity index (χ1) is 9.58. The van der Waals surface area contributed by atoms with Gasteiger partial charge in [-0.1, -0.05) is 18.2 Å². The molecule has 0 radical (unpaired) electrons. The summed E-state index contributed by atoms with van der Waals surface area (Å²) >= 11 is 0. The van der Waals surface area contributed by atoms with Crippen molar-refractivity contribution in [2.75, 3.05) is 45.3 Å². The Morgan fingerprint density at radius 3 is 2.55 bits per heavy atom. The zero-order valence-electron chi connectivity index (χ0n) is 12.5. The highest BCUT2D eigenvalue weighted by atomic mass is 16.5. The van der Waals surface area contributed by atoms with Crippen LogP contribution >= 0.6 is 0 Å². The summed E-state index contributed by atoms with van der Waals surface area (Å²) in [6.07, 6.45) is -0.579. The van der Waals surface area contributed by atoms with Gasteiger partial charge in [0.15, 0.2) is 0 Å². The Morgan fingerprint density at radius 1 is 1.35 bits per heavy atom. The van der Waals surface area contributed by atoms with Gasteiger partial charge < -0.3 is 14.7 Å². The van der Waals surface area contributed by atoms with E-state index in [1.54, 1.807) is 16.9 Å². The third-order valence-corrected chi connectivity index (χ3v) is 2.97. The molecule has 5 heteroatoms. The minimum Gasteiger partial charge on any atom is -0.389 e. The van der Waals surface area contributed by atoms with Crippen LogP contribution in [0.3, 0.4) is 0 Å². The number of methoxy groups -OCH3 is 1. The van der Waals surface area contributed by atoms with Crippen LogP contribution in [0.5, 0.6) is 0 Å². The maximum absolute atomic E-state index is 12.3. The van der Waals surface area contributed by atoms with Gasteiger partial charge in [0.25, 0.3) is 0 Å². The van der Waals surface area contributed by atoms with Crippen LogP contribution in [0.15, 0.2) is 30.3 Å². The third-order valence-electron chi connectivity index (χ3n) is 2.97. The molecule has 0 heterocycles. The number of amides is 1. The molecular formula is C15H24N2O3. The van der Waals surface area contributed by atoms with Crippen LogP contribution in [0.2, 0.25) is 0 Å². The summed E-state index contributed by atoms with van der Waals surface area (Å²) in [5.41, 5.74) is 0.894. The van der Waals surface area contributed by atoms with E-state index in [1.165, 1.54) is 0 Å². The van der Waals surface area contributed by atoms with E-state index in [-0.39, 0.29) is 19.1 Å². The fraction of sp³-hybridized carbons (Fsp3) is 0.533. The predicted molar refractivity (Wildman–Crippen MR) is 79.8 cm³/mol. The Bertz CT molecular complexity index is 397. The Hall–Kier alpha value is -1.43. The normalized spacial score (nSPS) is 12.4. The highest BCUT2D eigenvalue weighted by molar-refractivity contribution is 5.94. The largest absolute Gasteiger partial charge is 0.389 e. The van der Waals surface area contributed by atoms with Crippen LogP contribution < -0.4 is 4.90 Å². The molecule has 0 bridgehead atoms. The number of aliphatic hydroxyl groups is 1. The van der Waals surface area contributed by atoms with Crippen molar-refractivity contribution in [3.05, 3.63) is 30.3 Å². The molecule has 0 spiro atoms. The molecule has 0 aliphatic heterocycles. The molecule has 20 heavy (non-hydrogen) atoms. The van der Waals surface area contributed by atoms with Gasteiger partial charge in [-0.05, 0) is 26.1 Å². The van der Waals surface area contributed by atoms with Crippen molar-refractivity contribution < 1.29 is 14.6 Å². The molecule has 0 aliphatic carbocycles. The Kier molecular flexibility index (Phi) is 7.22. The second kappa shape index (κ2) is 8.68. The van der Waals surface area contributed by atoms with Crippen LogP contribution in [-0.4, -0.2) is 62.4 Å². The summed E-state index contributed by atoms with van der Waals surface area (Å²) < 4.78 is 4.88. The summed E-state index contributed by atoms with van der Waals surface area (Å²) in [7, 11) is 3.36. The van der Waals surface area contributed by atoms with Gasteiger partial charge in [0.1, 0.15) is 0 Å². The Morgan fingerprint density at radius 2 is 2.00 bits per heavy atom. The van der Waals surface area contributed by atoms with E-state index >= 15 is 0 Å². The van der Waals surface area contributed by atoms with E-state index in [1.807, 2.05) is 44.3 Å². The molecule has 0 saturated carbocycles. The van der Waals surface area contributed by atoms with Gasteiger partial charge in [-0.3, -0.25) is 9.69 Å². The molecule has 1 aromatic rings. The monoisotopic (exact) mass is 280 g/mol. The first-order valence-electron chi connectivity index (χ1n) is 6.79. The van der Waals surface area contributed by atoms with E-state index in [0.29, 0.717) is 13.1 Å². The molecule has 1 aromatic carbocycles. The Balaban J connectivity index is 2.55. The molecule has 1 atom stereocenters. The van der Waals surface area contributed by atoms with E-state index in [0.717, 1.165) is 5.69 Å². The van der Waals surface area contributed by atoms with Gasteiger partial charge in [0.05, 0.1) is 19.3 Å². The van der Waals surface area contributed by atoms with Crippen LogP contribution in [0, 0.1) is 0 Å². The lowest BCUT2D eigenvalue weighted by Crippen LogP contribution is -2.42. The van der Waals surface area contributed by atoms with E-state index in [4.69, 9.17) is 4.74 Å². The molecule has 1 rings (SSSR count). The molecule has 112 valence electrons. The number of rotatable bonds is 8. The number of ether oxygens (including phenoxy) is 1. The van der Waals surface area contributed by atoms with Gasteiger partial charge in [-0.25, -0.2) is 0 Å². The lowest BCUT2D eigenvalue weighted by molar-refractivity contribution is -0.119. The molecule has 5 nitrogen and oxygen atoms in total. The molecule has 0 aliphatic rings. The average molecular weight is 280 g/mol. The maximum atomic E-state index is 12.3. The first kappa shape index (κ1) is 16.6. The zero-order valence-corrected chi connectivity index (χ0v) is 12.5. The van der Waals surface area contributed by atoms with Crippen molar-refractivity contribution in [3.63, 3.8) is 0 Å². The number of benzene rings is 1. The van der Waals surface area contributed by atoms with Gasteiger partial charge in [0, 0.05) is 25.9 Å². The summed E-state index contributed by atoms with van der Waals surface area (Å²) in [5, 5.41) is 9.65. The van der Waals surface area contributed by atoms with Crippen molar-refractivity contribution in [1.82, 2.24) is 4.90 Å². The second-order valence-electron chi connectivity index (χ2n) is 4.78. The van der Waals surface area contributed by atoms with E-state index in [9.17, 15) is 9.90 Å². The van der Waals surface area contributed by atoms with Crippen molar-refractivity contribution in [1.29, 1.82) is 0 Å². The predicted octanol–water partition coefficient (Wildman–Crippen LogP) is 0.979. The lowest BCUT2D eigenvalue weighted by atomic mass is 10.2. The molecule has 0 fully saturated rings. The summed E-state index contributed by atoms with van der Waals surface area (Å²) in [4.78, 5) is 15.8. The van der Waals surface area contributed by atoms with Gasteiger partial charge >= 0.3 is 0 Å². The average Bonchev–Trinajstić information content (AvgIpc) is 2.40. The van der Waals surface area contributed by atoms with E-state index in [2.05, 4.69) is 0 Å². The fourth-order valence-corrected chi connectivity index (χ4v) is 2.10. The number of hydrogen-bond acceptors (Lipinski definition) is 4. The number of nitrogens with zero attached hydrogens (tertiary/aromatic N) is 2. The summed E-state index contributed by atoms with van der Waals surface area (Å²) in [5.74, 6) is 0.0193. The molecule has 1 amide bonds. The number of aliphatic hydroxyl groups excluding tert-OH is 1. The SMILES string of the molecule is CCN(C(=O)CN(C)CC(O)COC)c1ccccc1. The topological polar surface area (TPSA) is 53.0 Å². The van der Waals surface area contributed by atoms with Gasteiger partial charge in [-0.15, -0.1) is 0 Å². The highest BCUT2D eigenvalue weighted by Gasteiger charge is 2.17. The highest BCUT2D eigenvalue weighted by Crippen LogP contribution is 2.13. The van der Waals surface area contributed by atoms with E-state index < -0.39 is 6.10 Å². The van der Waals surface area contributed by atoms with Crippen LogP contribution in [-0.2, 0) is 9.53 Å². The Labute approximate surface area is 120 Å². The number of anilines is 1. The lowest BCUT2D eigenvalue weighted by Gasteiger charge is -2.25. The molecular weight excluding hydrogens is 256 g/mol. The van der Waals surface area contributed by atoms with Gasteiger partial charge in [0.2, 0.25) is 5.91 Å². The van der Waals surface area contributed by atoms with Crippen LogP contribution in [0.4, 0.5) is 5.69 Å². The zero-order chi connectivity index (χ0) is 15.0. The standard InChI is InChI=1S/C15H24N2O3/c1-4-17(13-8-6-5-7-9-13)15(19)11-16(2)10-14(18)12-20-3/h5-9,14,18H,4,10-12H2,1-3H3. The molecule has 0 saturated heterocycles. The minimum absolute atomic E-state index is 0.0193. The summed E-state index contributed by atoms with van der Waals surface area (Å²) in [6, 6.07) is 9.59. The first-order valence-corrected chi connectivity index (χ1v) is 6.79. The van der Waals surface area contributed by atoms with Crippen molar-refractivity contribution in [2.24, 2.45) is 0 Å². The number of hydrogen-bond donors (Lipinski definition) is 1. The number of para-hydroxylation sites is 1. The van der Waals surface area contributed by atoms with Crippen LogP contribution in [0.25, 0.3) is 0 Å². The second-order valence-corrected chi connectivity index (χ2v) is 4.78. The molecule has 1 N–H and O–H groups in total. The van der Waals surface area contributed by atoms with Crippen molar-refractivity contribution in [2.45, 2.75) is 13.0 Å². The third kappa shape index (κ3) is 5.28. The maximum Gasteiger partial charge on any atom is 0.241 e. The number of likely N-dealkylation sites (N-methyl/N-ethyl adjacent to an activating group) is 2. The van der Waals surface area contributed by atoms with Crippen molar-refractivity contribution in [3.8, 4) is 0 Å². The fourth-order valence-electron chi connectivity index (χ4n) is 2.10. The summed E-state index contributed by atoms with van der Waals surface area (Å²) in [6.45, 7) is 3.52. The van der Waals surface area contributed by atoms with Crippen LogP contribution in [0.1, 0.15) is 6.92 Å². The quantitative estimate of drug-likeness (QED) is 0.771.